The van der Waals surface area contributed by atoms with Crippen LogP contribution in [0.5, 0.6) is 0 Å². The van der Waals surface area contributed by atoms with E-state index in [2.05, 4.69) is 67.4 Å². The van der Waals surface area contributed by atoms with Crippen LogP contribution in [0.25, 0.3) is 0 Å². The van der Waals surface area contributed by atoms with Crippen molar-refractivity contribution in [3.63, 3.8) is 0 Å². The van der Waals surface area contributed by atoms with Crippen LogP contribution in [0.1, 0.15) is 30.9 Å². The monoisotopic (exact) mass is 323 g/mol. The topological polar surface area (TPSA) is 21.3 Å². The van der Waals surface area contributed by atoms with E-state index in [1.54, 1.807) is 0 Å². The normalized spacial score (nSPS) is 13.4. The van der Waals surface area contributed by atoms with Gasteiger partial charge in [0.1, 0.15) is 0 Å². The van der Waals surface area contributed by atoms with Crippen LogP contribution >= 0.6 is 0 Å². The van der Waals surface area contributed by atoms with Crippen molar-refractivity contribution in [2.24, 2.45) is 5.92 Å². The molecule has 0 amide bonds. The van der Waals surface area contributed by atoms with Gasteiger partial charge in [-0.25, -0.2) is 0 Å². The van der Waals surface area contributed by atoms with Crippen molar-refractivity contribution in [3.8, 4) is 0 Å². The fraction of sp³-hybridized carbons (Fsp3) is 0.364. The van der Waals surface area contributed by atoms with Gasteiger partial charge in [-0.05, 0) is 23.5 Å². The number of hydrogen-bond acceptors (Lipinski definition) is 2. The molecule has 0 aromatic heterocycles. The van der Waals surface area contributed by atoms with E-state index in [-0.39, 0.29) is 0 Å². The number of rotatable bonds is 11. The second kappa shape index (κ2) is 10.8. The maximum atomic E-state index is 5.85. The molecule has 2 heteroatoms. The zero-order valence-electron chi connectivity index (χ0n) is 14.7. The third kappa shape index (κ3) is 6.31. The first-order valence-corrected chi connectivity index (χ1v) is 8.85. The highest BCUT2D eigenvalue weighted by Crippen LogP contribution is 2.16. The van der Waals surface area contributed by atoms with Gasteiger partial charge in [0.2, 0.25) is 0 Å². The Hall–Kier alpha value is -1.90. The van der Waals surface area contributed by atoms with Crippen LogP contribution in [-0.2, 0) is 17.9 Å². The molecule has 0 aliphatic rings. The van der Waals surface area contributed by atoms with Crippen LogP contribution in [-0.4, -0.2) is 12.6 Å². The molecule has 0 saturated heterocycles. The highest BCUT2D eigenvalue weighted by molar-refractivity contribution is 5.15. The number of hydrogen-bond donors (Lipinski definition) is 1. The molecule has 0 aliphatic carbocycles. The van der Waals surface area contributed by atoms with E-state index in [1.807, 2.05) is 18.2 Å². The van der Waals surface area contributed by atoms with Crippen molar-refractivity contribution in [2.45, 2.75) is 39.0 Å². The van der Waals surface area contributed by atoms with E-state index in [1.165, 1.54) is 11.1 Å². The van der Waals surface area contributed by atoms with Crippen molar-refractivity contribution in [2.75, 3.05) is 6.61 Å². The van der Waals surface area contributed by atoms with E-state index >= 15 is 0 Å². The maximum absolute atomic E-state index is 5.85. The Morgan fingerprint density at radius 2 is 1.62 bits per heavy atom. The summed E-state index contributed by atoms with van der Waals surface area (Å²) in [7, 11) is 0. The molecular weight excluding hydrogens is 294 g/mol. The van der Waals surface area contributed by atoms with Crippen molar-refractivity contribution >= 4 is 0 Å². The molecule has 0 aliphatic heterocycles. The predicted molar refractivity (Wildman–Crippen MR) is 102 cm³/mol. The molecule has 24 heavy (non-hydrogen) atoms. The third-order valence-corrected chi connectivity index (χ3v) is 4.42. The highest BCUT2D eigenvalue weighted by atomic mass is 16.5. The van der Waals surface area contributed by atoms with E-state index in [0.717, 1.165) is 26.0 Å². The predicted octanol–water partition coefficient (Wildman–Crippen LogP) is 4.96. The molecular formula is C22H29NO. The van der Waals surface area contributed by atoms with Gasteiger partial charge in [-0.15, -0.1) is 6.58 Å². The smallest absolute Gasteiger partial charge is 0.0716 e. The van der Waals surface area contributed by atoms with E-state index in [9.17, 15) is 0 Å². The zero-order valence-corrected chi connectivity index (χ0v) is 14.7. The first kappa shape index (κ1) is 18.4. The lowest BCUT2D eigenvalue weighted by atomic mass is 9.93. The lowest BCUT2D eigenvalue weighted by Crippen LogP contribution is -2.34. The van der Waals surface area contributed by atoms with Crippen molar-refractivity contribution in [1.82, 2.24) is 5.32 Å². The molecule has 0 bridgehead atoms. The lowest BCUT2D eigenvalue weighted by Gasteiger charge is -2.25. The SMILES string of the molecule is C=C[C@H](NCc1ccccc1)[C@@H](CC)CCOCc1ccccc1. The summed E-state index contributed by atoms with van der Waals surface area (Å²) in [6.45, 7) is 8.60. The summed E-state index contributed by atoms with van der Waals surface area (Å²) in [5, 5.41) is 3.62. The van der Waals surface area contributed by atoms with Crippen LogP contribution in [0, 0.1) is 5.92 Å². The van der Waals surface area contributed by atoms with E-state index in [4.69, 9.17) is 4.74 Å². The molecule has 2 aromatic carbocycles. The first-order valence-electron chi connectivity index (χ1n) is 8.85. The zero-order chi connectivity index (χ0) is 17.0. The highest BCUT2D eigenvalue weighted by Gasteiger charge is 2.16. The Kier molecular flexibility index (Phi) is 8.29. The summed E-state index contributed by atoms with van der Waals surface area (Å²) < 4.78 is 5.85. The van der Waals surface area contributed by atoms with Gasteiger partial charge in [0.25, 0.3) is 0 Å². The van der Waals surface area contributed by atoms with Gasteiger partial charge in [0, 0.05) is 19.2 Å². The Bertz CT molecular complexity index is 567. The van der Waals surface area contributed by atoms with Gasteiger partial charge in [0.05, 0.1) is 6.61 Å². The molecule has 0 radical (unpaired) electrons. The maximum Gasteiger partial charge on any atom is 0.0716 e. The summed E-state index contributed by atoms with van der Waals surface area (Å²) in [6, 6.07) is 21.2. The Labute approximate surface area is 146 Å². The van der Waals surface area contributed by atoms with Gasteiger partial charge in [-0.3, -0.25) is 0 Å². The molecule has 0 fully saturated rings. The molecule has 0 unspecified atom stereocenters. The van der Waals surface area contributed by atoms with Crippen LogP contribution < -0.4 is 5.32 Å². The fourth-order valence-corrected chi connectivity index (χ4v) is 2.91. The van der Waals surface area contributed by atoms with Crippen molar-refractivity contribution in [1.29, 1.82) is 0 Å². The van der Waals surface area contributed by atoms with Gasteiger partial charge in [0.15, 0.2) is 0 Å². The summed E-state index contributed by atoms with van der Waals surface area (Å²) in [6.07, 6.45) is 4.20. The number of ether oxygens (including phenoxy) is 1. The van der Waals surface area contributed by atoms with Crippen LogP contribution in [0.15, 0.2) is 73.3 Å². The van der Waals surface area contributed by atoms with Crippen LogP contribution in [0.3, 0.4) is 0 Å². The fourth-order valence-electron chi connectivity index (χ4n) is 2.91. The second-order valence-electron chi connectivity index (χ2n) is 6.12. The van der Waals surface area contributed by atoms with Gasteiger partial charge in [-0.1, -0.05) is 80.1 Å². The standard InChI is InChI=1S/C22H29NO/c1-3-21(15-16-24-18-20-13-9-6-10-14-20)22(4-2)23-17-19-11-7-5-8-12-19/h4-14,21-23H,2-3,15-18H2,1H3/t21-,22-/m0/s1. The van der Waals surface area contributed by atoms with Crippen molar-refractivity contribution in [3.05, 3.63) is 84.4 Å². The average molecular weight is 323 g/mol. The molecule has 0 saturated carbocycles. The summed E-state index contributed by atoms with van der Waals surface area (Å²) >= 11 is 0. The Balaban J connectivity index is 1.74. The largest absolute Gasteiger partial charge is 0.377 e. The molecule has 2 rings (SSSR count). The molecule has 2 aromatic rings. The molecule has 0 heterocycles. The summed E-state index contributed by atoms with van der Waals surface area (Å²) in [5.41, 5.74) is 2.53. The molecule has 0 spiro atoms. The van der Waals surface area contributed by atoms with Crippen molar-refractivity contribution < 1.29 is 4.74 Å². The van der Waals surface area contributed by atoms with Crippen LogP contribution in [0.4, 0.5) is 0 Å². The molecule has 128 valence electrons. The molecule has 2 atom stereocenters. The minimum atomic E-state index is 0.315. The summed E-state index contributed by atoms with van der Waals surface area (Å²) in [4.78, 5) is 0. The van der Waals surface area contributed by atoms with Gasteiger partial charge < -0.3 is 10.1 Å². The van der Waals surface area contributed by atoms with Gasteiger partial charge >= 0.3 is 0 Å². The summed E-state index contributed by atoms with van der Waals surface area (Å²) in [5.74, 6) is 0.544. The Morgan fingerprint density at radius 1 is 1.00 bits per heavy atom. The first-order chi connectivity index (χ1) is 11.8. The van der Waals surface area contributed by atoms with E-state index in [0.29, 0.717) is 18.6 Å². The Morgan fingerprint density at radius 3 is 2.21 bits per heavy atom. The minimum Gasteiger partial charge on any atom is -0.377 e. The third-order valence-electron chi connectivity index (χ3n) is 4.42. The average Bonchev–Trinajstić information content (AvgIpc) is 2.65. The van der Waals surface area contributed by atoms with E-state index < -0.39 is 0 Å². The number of nitrogens with one attached hydrogen (secondary N) is 1. The lowest BCUT2D eigenvalue weighted by molar-refractivity contribution is 0.103. The van der Waals surface area contributed by atoms with Gasteiger partial charge in [-0.2, -0.15) is 0 Å². The molecule has 1 N–H and O–H groups in total. The van der Waals surface area contributed by atoms with Crippen LogP contribution in [0.2, 0.25) is 0 Å². The second-order valence-corrected chi connectivity index (χ2v) is 6.12. The number of benzene rings is 2. The minimum absolute atomic E-state index is 0.315. The quantitative estimate of drug-likeness (QED) is 0.466. The molecule has 2 nitrogen and oxygen atoms in total.